The van der Waals surface area contributed by atoms with Crippen LogP contribution in [0, 0.1) is 13.8 Å². The largest absolute Gasteiger partial charge is 0.366 e. The van der Waals surface area contributed by atoms with Crippen molar-refractivity contribution in [3.63, 3.8) is 0 Å². The molecule has 0 aliphatic carbocycles. The molecule has 0 bridgehead atoms. The Balaban J connectivity index is 1.99. The first kappa shape index (κ1) is 23.9. The number of nitrogens with zero attached hydrogens (tertiary/aromatic N) is 2. The zero-order valence-electron chi connectivity index (χ0n) is 19.8. The second-order valence-corrected chi connectivity index (χ2v) is 9.51. The molecule has 0 radical (unpaired) electrons. The maximum absolute atomic E-state index is 12.4. The van der Waals surface area contributed by atoms with Gasteiger partial charge in [-0.1, -0.05) is 83.9 Å². The Morgan fingerprint density at radius 3 is 2.19 bits per heavy atom. The number of benzene rings is 4. The molecule has 5 rings (SSSR count). The van der Waals surface area contributed by atoms with Crippen LogP contribution in [0.4, 0.5) is 0 Å². The molecular weight excluding hydrogens is 489 g/mol. The van der Waals surface area contributed by atoms with Crippen LogP contribution in [0.1, 0.15) is 21.5 Å². The van der Waals surface area contributed by atoms with Gasteiger partial charge in [-0.2, -0.15) is 0 Å². The molecule has 0 aliphatic heterocycles. The van der Waals surface area contributed by atoms with Crippen LogP contribution in [0.5, 0.6) is 0 Å². The Labute approximate surface area is 220 Å². The first-order valence-electron chi connectivity index (χ1n) is 11.5. The normalized spacial score (nSPS) is 11.0. The van der Waals surface area contributed by atoms with E-state index >= 15 is 0 Å². The standard InChI is InChI=1S/C30H23Cl2N3O/c1-18-8-3-4-11-23(18)30-34-27(24-12-5-6-13-25(24)29(33)36)28(20-9-7-10-21(31)16-20)35(30)26-17-22(32)15-14-19(26)2/h3-17H,1-2H3,(H2,33,36). The average molecular weight is 512 g/mol. The molecule has 0 atom stereocenters. The number of halogens is 2. The molecule has 0 fully saturated rings. The van der Waals surface area contributed by atoms with Crippen molar-refractivity contribution in [3.05, 3.63) is 118 Å². The van der Waals surface area contributed by atoms with Crippen molar-refractivity contribution in [2.45, 2.75) is 13.8 Å². The van der Waals surface area contributed by atoms with E-state index in [1.54, 1.807) is 12.1 Å². The van der Waals surface area contributed by atoms with Crippen molar-refractivity contribution in [3.8, 4) is 39.6 Å². The summed E-state index contributed by atoms with van der Waals surface area (Å²) in [4.78, 5) is 17.6. The SMILES string of the molecule is Cc1ccccc1-c1nc(-c2ccccc2C(N)=O)c(-c2cccc(Cl)c2)n1-c1cc(Cl)ccc1C. The fourth-order valence-corrected chi connectivity index (χ4v) is 4.83. The van der Waals surface area contributed by atoms with E-state index in [0.29, 0.717) is 26.9 Å². The van der Waals surface area contributed by atoms with Gasteiger partial charge in [0.05, 0.1) is 17.1 Å². The molecule has 0 spiro atoms. The van der Waals surface area contributed by atoms with Gasteiger partial charge in [0.1, 0.15) is 5.82 Å². The quantitative estimate of drug-likeness (QED) is 0.260. The predicted molar refractivity (Wildman–Crippen MR) is 148 cm³/mol. The third-order valence-corrected chi connectivity index (χ3v) is 6.69. The van der Waals surface area contributed by atoms with Gasteiger partial charge in [-0.25, -0.2) is 4.98 Å². The highest BCUT2D eigenvalue weighted by Gasteiger charge is 2.26. The Morgan fingerprint density at radius 1 is 0.778 bits per heavy atom. The molecular formula is C30H23Cl2N3O. The number of carbonyl (C=O) groups excluding carboxylic acids is 1. The van der Waals surface area contributed by atoms with Gasteiger partial charge >= 0.3 is 0 Å². The van der Waals surface area contributed by atoms with Crippen molar-refractivity contribution in [1.82, 2.24) is 9.55 Å². The Morgan fingerprint density at radius 2 is 1.47 bits per heavy atom. The van der Waals surface area contributed by atoms with Gasteiger partial charge in [0, 0.05) is 32.3 Å². The minimum Gasteiger partial charge on any atom is -0.366 e. The fraction of sp³-hybridized carbons (Fsp3) is 0.0667. The lowest BCUT2D eigenvalue weighted by Gasteiger charge is -2.17. The Hall–Kier alpha value is -3.86. The molecule has 5 aromatic rings. The molecule has 178 valence electrons. The van der Waals surface area contributed by atoms with E-state index in [1.165, 1.54) is 0 Å². The monoisotopic (exact) mass is 511 g/mol. The summed E-state index contributed by atoms with van der Waals surface area (Å²) >= 11 is 12.9. The number of carbonyl (C=O) groups is 1. The van der Waals surface area contributed by atoms with Gasteiger partial charge in [0.2, 0.25) is 5.91 Å². The number of aromatic nitrogens is 2. The first-order valence-corrected chi connectivity index (χ1v) is 12.2. The predicted octanol–water partition coefficient (Wildman–Crippen LogP) is 7.90. The third kappa shape index (κ3) is 4.30. The number of rotatable bonds is 5. The number of amides is 1. The minimum absolute atomic E-state index is 0.393. The lowest BCUT2D eigenvalue weighted by atomic mass is 9.99. The second kappa shape index (κ2) is 9.65. The summed E-state index contributed by atoms with van der Waals surface area (Å²) in [6, 6.07) is 28.7. The van der Waals surface area contributed by atoms with Crippen LogP contribution in [-0.4, -0.2) is 15.5 Å². The molecule has 1 amide bonds. The summed E-state index contributed by atoms with van der Waals surface area (Å²) in [6.07, 6.45) is 0. The molecule has 2 N–H and O–H groups in total. The second-order valence-electron chi connectivity index (χ2n) is 8.63. The summed E-state index contributed by atoms with van der Waals surface area (Å²) in [5.41, 5.74) is 13.0. The third-order valence-electron chi connectivity index (χ3n) is 6.22. The molecule has 4 nitrogen and oxygen atoms in total. The lowest BCUT2D eigenvalue weighted by molar-refractivity contribution is 0.100. The highest BCUT2D eigenvalue weighted by atomic mass is 35.5. The summed E-state index contributed by atoms with van der Waals surface area (Å²) in [5.74, 6) is 0.205. The van der Waals surface area contributed by atoms with Crippen LogP contribution in [-0.2, 0) is 0 Å². The fourth-order valence-electron chi connectivity index (χ4n) is 4.48. The molecule has 36 heavy (non-hydrogen) atoms. The van der Waals surface area contributed by atoms with Crippen LogP contribution in [0.2, 0.25) is 10.0 Å². The van der Waals surface area contributed by atoms with Gasteiger partial charge in [-0.3, -0.25) is 9.36 Å². The Bertz CT molecular complexity index is 1620. The summed E-state index contributed by atoms with van der Waals surface area (Å²) in [7, 11) is 0. The molecule has 0 unspecified atom stereocenters. The van der Waals surface area contributed by atoms with Gasteiger partial charge in [0.25, 0.3) is 0 Å². The van der Waals surface area contributed by atoms with Crippen molar-refractivity contribution in [2.24, 2.45) is 5.73 Å². The van der Waals surface area contributed by atoms with Crippen LogP contribution < -0.4 is 5.73 Å². The van der Waals surface area contributed by atoms with Crippen LogP contribution in [0.15, 0.2) is 91.0 Å². The molecule has 0 saturated carbocycles. The molecule has 6 heteroatoms. The highest BCUT2D eigenvalue weighted by Crippen LogP contribution is 2.41. The van der Waals surface area contributed by atoms with E-state index < -0.39 is 5.91 Å². The molecule has 4 aromatic carbocycles. The zero-order chi connectivity index (χ0) is 25.4. The lowest BCUT2D eigenvalue weighted by Crippen LogP contribution is -2.12. The summed E-state index contributed by atoms with van der Waals surface area (Å²) in [6.45, 7) is 4.08. The van der Waals surface area contributed by atoms with Crippen LogP contribution in [0.3, 0.4) is 0 Å². The number of hydrogen-bond donors (Lipinski definition) is 1. The number of hydrogen-bond acceptors (Lipinski definition) is 2. The topological polar surface area (TPSA) is 60.9 Å². The summed E-state index contributed by atoms with van der Waals surface area (Å²) < 4.78 is 2.10. The number of primary amides is 1. The van der Waals surface area contributed by atoms with Crippen LogP contribution in [0.25, 0.3) is 39.6 Å². The van der Waals surface area contributed by atoms with E-state index in [1.807, 2.05) is 79.7 Å². The van der Waals surface area contributed by atoms with Crippen molar-refractivity contribution in [2.75, 3.05) is 0 Å². The smallest absolute Gasteiger partial charge is 0.249 e. The number of aryl methyl sites for hydroxylation is 2. The molecule has 0 aliphatic rings. The van der Waals surface area contributed by atoms with Crippen molar-refractivity contribution < 1.29 is 4.79 Å². The van der Waals surface area contributed by atoms with Crippen molar-refractivity contribution in [1.29, 1.82) is 0 Å². The van der Waals surface area contributed by atoms with E-state index in [9.17, 15) is 4.79 Å². The zero-order valence-corrected chi connectivity index (χ0v) is 21.3. The van der Waals surface area contributed by atoms with Gasteiger partial charge in [-0.15, -0.1) is 0 Å². The maximum atomic E-state index is 12.4. The molecule has 1 aromatic heterocycles. The average Bonchev–Trinajstić information content (AvgIpc) is 3.25. The highest BCUT2D eigenvalue weighted by molar-refractivity contribution is 6.31. The molecule has 0 saturated heterocycles. The van der Waals surface area contributed by atoms with Crippen molar-refractivity contribution >= 4 is 29.1 Å². The van der Waals surface area contributed by atoms with Gasteiger partial charge in [0.15, 0.2) is 0 Å². The van der Waals surface area contributed by atoms with E-state index in [-0.39, 0.29) is 0 Å². The van der Waals surface area contributed by atoms with E-state index in [0.717, 1.165) is 39.5 Å². The van der Waals surface area contributed by atoms with Gasteiger partial charge in [-0.05, 0) is 55.3 Å². The number of nitrogens with two attached hydrogens (primary N) is 1. The van der Waals surface area contributed by atoms with E-state index in [4.69, 9.17) is 33.9 Å². The van der Waals surface area contributed by atoms with Gasteiger partial charge < -0.3 is 5.73 Å². The summed E-state index contributed by atoms with van der Waals surface area (Å²) in [5, 5.41) is 1.20. The molecule has 1 heterocycles. The van der Waals surface area contributed by atoms with E-state index in [2.05, 4.69) is 17.6 Å². The Kier molecular flexibility index (Phi) is 6.40. The minimum atomic E-state index is -0.520. The maximum Gasteiger partial charge on any atom is 0.249 e. The number of imidazole rings is 1. The van der Waals surface area contributed by atoms with Crippen LogP contribution >= 0.6 is 23.2 Å². The first-order chi connectivity index (χ1) is 17.3.